The van der Waals surface area contributed by atoms with Gasteiger partial charge in [0.15, 0.2) is 0 Å². The number of carbonyl (C=O) groups is 3. The summed E-state index contributed by atoms with van der Waals surface area (Å²) in [5.41, 5.74) is 0. The van der Waals surface area contributed by atoms with Gasteiger partial charge < -0.3 is 14.2 Å². The lowest BCUT2D eigenvalue weighted by Gasteiger charge is -2.18. The number of rotatable bonds is 7. The zero-order valence-electron chi connectivity index (χ0n) is 7.97. The molecule has 0 aliphatic carbocycles. The van der Waals surface area contributed by atoms with Gasteiger partial charge in [-0.2, -0.15) is 0 Å². The lowest BCUT2D eigenvalue weighted by Crippen LogP contribution is -2.31. The van der Waals surface area contributed by atoms with Gasteiger partial charge in [0.05, 0.1) is 6.61 Å². The van der Waals surface area contributed by atoms with Gasteiger partial charge in [-0.15, -0.1) is 0 Å². The summed E-state index contributed by atoms with van der Waals surface area (Å²) in [5, 5.41) is 0. The van der Waals surface area contributed by atoms with Crippen molar-refractivity contribution in [1.29, 1.82) is 0 Å². The number of carbonyl (C=O) groups excluding carboxylic acids is 3. The molecule has 0 saturated carbocycles. The van der Waals surface area contributed by atoms with Crippen molar-refractivity contribution in [2.75, 3.05) is 6.61 Å². The predicted molar refractivity (Wildman–Crippen MR) is 43.9 cm³/mol. The largest absolute Gasteiger partial charge is 0.466 e. The van der Waals surface area contributed by atoms with Crippen molar-refractivity contribution < 1.29 is 28.6 Å². The Bertz CT molecular complexity index is 192. The van der Waals surface area contributed by atoms with Gasteiger partial charge in [0, 0.05) is 0 Å². The van der Waals surface area contributed by atoms with Gasteiger partial charge >= 0.3 is 5.97 Å². The molecule has 0 spiro atoms. The normalized spacial score (nSPS) is 11.6. The van der Waals surface area contributed by atoms with Crippen molar-refractivity contribution in [3.63, 3.8) is 0 Å². The maximum absolute atomic E-state index is 11.1. The van der Waals surface area contributed by atoms with Crippen LogP contribution in [0.4, 0.5) is 0 Å². The highest BCUT2D eigenvalue weighted by Gasteiger charge is 2.27. The van der Waals surface area contributed by atoms with Crippen LogP contribution in [0.3, 0.4) is 0 Å². The Kier molecular flexibility index (Phi) is 6.09. The van der Waals surface area contributed by atoms with Crippen molar-refractivity contribution in [3.8, 4) is 0 Å². The Labute approximate surface area is 81.1 Å². The van der Waals surface area contributed by atoms with Gasteiger partial charge in [-0.25, -0.2) is 0 Å². The molecular formula is C8H12O6. The molecule has 0 aliphatic heterocycles. The molecule has 0 aromatic rings. The van der Waals surface area contributed by atoms with Gasteiger partial charge in [0.2, 0.25) is 0 Å². The van der Waals surface area contributed by atoms with E-state index in [-0.39, 0.29) is 19.6 Å². The monoisotopic (exact) mass is 204 g/mol. The highest BCUT2D eigenvalue weighted by Crippen LogP contribution is 2.09. The van der Waals surface area contributed by atoms with E-state index >= 15 is 0 Å². The zero-order chi connectivity index (χ0) is 11.0. The molecule has 6 heteroatoms. The topological polar surface area (TPSA) is 78.9 Å². The summed E-state index contributed by atoms with van der Waals surface area (Å²) in [7, 11) is 0. The molecule has 14 heavy (non-hydrogen) atoms. The molecule has 0 amide bonds. The van der Waals surface area contributed by atoms with E-state index in [1.165, 1.54) is 6.92 Å². The fourth-order valence-electron chi connectivity index (χ4n) is 0.762. The van der Waals surface area contributed by atoms with Gasteiger partial charge in [-0.3, -0.25) is 14.4 Å². The lowest BCUT2D eigenvalue weighted by atomic mass is 10.2. The molecule has 80 valence electrons. The maximum atomic E-state index is 11.1. The fourth-order valence-corrected chi connectivity index (χ4v) is 0.762. The van der Waals surface area contributed by atoms with Gasteiger partial charge in [0.25, 0.3) is 19.2 Å². The Morgan fingerprint density at radius 2 is 1.79 bits per heavy atom. The Balaban J connectivity index is 4.24. The molecule has 0 bridgehead atoms. The van der Waals surface area contributed by atoms with Gasteiger partial charge in [0.1, 0.15) is 5.92 Å². The third-order valence-electron chi connectivity index (χ3n) is 1.45. The van der Waals surface area contributed by atoms with E-state index in [1.54, 1.807) is 6.92 Å². The van der Waals surface area contributed by atoms with E-state index in [9.17, 15) is 14.4 Å². The minimum atomic E-state index is -1.23. The standard InChI is InChI=1S/C8H12O6/c1-3-12-7(11)6(2)8(13-4-9)14-5-10/h4-6,8H,3H2,1-2H3/t6-/m1/s1. The summed E-state index contributed by atoms with van der Waals surface area (Å²) < 4.78 is 13.4. The molecule has 1 atom stereocenters. The highest BCUT2D eigenvalue weighted by molar-refractivity contribution is 5.72. The summed E-state index contributed by atoms with van der Waals surface area (Å²) in [6, 6.07) is 0. The summed E-state index contributed by atoms with van der Waals surface area (Å²) in [5.74, 6) is -1.44. The minimum absolute atomic E-state index is 0.101. The molecule has 0 radical (unpaired) electrons. The molecule has 0 rings (SSSR count). The van der Waals surface area contributed by atoms with E-state index in [2.05, 4.69) is 14.2 Å². The van der Waals surface area contributed by atoms with Crippen molar-refractivity contribution >= 4 is 18.9 Å². The molecular weight excluding hydrogens is 192 g/mol. The fraction of sp³-hybridized carbons (Fsp3) is 0.625. The molecule has 0 N–H and O–H groups in total. The van der Waals surface area contributed by atoms with E-state index in [0.29, 0.717) is 0 Å². The quantitative estimate of drug-likeness (QED) is 0.326. The summed E-state index contributed by atoms with van der Waals surface area (Å²) in [4.78, 5) is 31.1. The maximum Gasteiger partial charge on any atom is 0.316 e. The summed E-state index contributed by atoms with van der Waals surface area (Å²) >= 11 is 0. The highest BCUT2D eigenvalue weighted by atomic mass is 16.7. The van der Waals surface area contributed by atoms with E-state index < -0.39 is 18.2 Å². The van der Waals surface area contributed by atoms with E-state index in [0.717, 1.165) is 0 Å². The van der Waals surface area contributed by atoms with Crippen molar-refractivity contribution in [1.82, 2.24) is 0 Å². The summed E-state index contributed by atoms with van der Waals surface area (Å²) in [6.45, 7) is 3.47. The first-order valence-corrected chi connectivity index (χ1v) is 4.02. The van der Waals surface area contributed by atoms with Crippen LogP contribution in [0.1, 0.15) is 13.8 Å². The zero-order valence-corrected chi connectivity index (χ0v) is 7.97. The average molecular weight is 204 g/mol. The predicted octanol–water partition coefficient (Wildman–Crippen LogP) is -0.142. The SMILES string of the molecule is CCOC(=O)[C@@H](C)C(OC=O)OC=O. The van der Waals surface area contributed by atoms with Crippen molar-refractivity contribution in [3.05, 3.63) is 0 Å². The summed E-state index contributed by atoms with van der Waals surface area (Å²) in [6.07, 6.45) is -1.23. The van der Waals surface area contributed by atoms with Crippen LogP contribution in [0.5, 0.6) is 0 Å². The second-order valence-electron chi connectivity index (χ2n) is 2.37. The third kappa shape index (κ3) is 3.88. The van der Waals surface area contributed by atoms with Crippen LogP contribution >= 0.6 is 0 Å². The van der Waals surface area contributed by atoms with Gasteiger partial charge in [-0.05, 0) is 13.8 Å². The Morgan fingerprint density at radius 1 is 1.29 bits per heavy atom. The number of esters is 1. The van der Waals surface area contributed by atoms with Crippen LogP contribution in [-0.2, 0) is 28.6 Å². The van der Waals surface area contributed by atoms with Crippen LogP contribution < -0.4 is 0 Å². The molecule has 0 heterocycles. The van der Waals surface area contributed by atoms with Crippen molar-refractivity contribution in [2.45, 2.75) is 20.1 Å². The van der Waals surface area contributed by atoms with Crippen LogP contribution in [0, 0.1) is 5.92 Å². The number of ether oxygens (including phenoxy) is 3. The first-order valence-electron chi connectivity index (χ1n) is 4.02. The molecule has 0 unspecified atom stereocenters. The molecule has 0 fully saturated rings. The average Bonchev–Trinajstić information content (AvgIpc) is 2.17. The van der Waals surface area contributed by atoms with E-state index in [1.807, 2.05) is 0 Å². The molecule has 0 aromatic heterocycles. The molecule has 0 aliphatic rings. The molecule has 0 saturated heterocycles. The van der Waals surface area contributed by atoms with Crippen LogP contribution in [0.25, 0.3) is 0 Å². The second-order valence-corrected chi connectivity index (χ2v) is 2.37. The first-order chi connectivity index (χ1) is 6.67. The van der Waals surface area contributed by atoms with Crippen LogP contribution in [0.15, 0.2) is 0 Å². The van der Waals surface area contributed by atoms with Crippen LogP contribution in [-0.4, -0.2) is 31.8 Å². The minimum Gasteiger partial charge on any atom is -0.466 e. The van der Waals surface area contributed by atoms with E-state index in [4.69, 9.17) is 0 Å². The lowest BCUT2D eigenvalue weighted by molar-refractivity contribution is -0.186. The third-order valence-corrected chi connectivity index (χ3v) is 1.45. The second kappa shape index (κ2) is 6.88. The smallest absolute Gasteiger partial charge is 0.316 e. The Hall–Kier alpha value is -1.59. The first kappa shape index (κ1) is 12.4. The molecule has 0 aromatic carbocycles. The Morgan fingerprint density at radius 3 is 2.14 bits per heavy atom. The molecule has 6 nitrogen and oxygen atoms in total. The number of hydrogen-bond donors (Lipinski definition) is 0. The number of hydrogen-bond acceptors (Lipinski definition) is 6. The van der Waals surface area contributed by atoms with Gasteiger partial charge in [-0.1, -0.05) is 0 Å². The van der Waals surface area contributed by atoms with Crippen molar-refractivity contribution in [2.24, 2.45) is 5.92 Å². The van der Waals surface area contributed by atoms with Crippen LogP contribution in [0.2, 0.25) is 0 Å².